The Hall–Kier alpha value is -0.170. The van der Waals surface area contributed by atoms with Gasteiger partial charge in [0.15, 0.2) is 8.68 Å². The lowest BCUT2D eigenvalue weighted by atomic mass is 10.2. The molecule has 0 N–H and O–H groups in total. The zero-order valence-corrected chi connectivity index (χ0v) is 13.1. The van der Waals surface area contributed by atoms with Crippen molar-refractivity contribution in [1.82, 2.24) is 9.29 Å². The van der Waals surface area contributed by atoms with Crippen LogP contribution in [0.15, 0.2) is 4.21 Å². The molecule has 0 aliphatic carbocycles. The number of sulfonamides is 1. The Kier molecular flexibility index (Phi) is 4.02. The number of nitrogens with zero attached hydrogens (tertiary/aromatic N) is 2. The predicted octanol–water partition coefficient (Wildman–Crippen LogP) is 3.06. The van der Waals surface area contributed by atoms with E-state index in [1.54, 1.807) is 11.2 Å². The number of aryl methyl sites for hydroxylation is 1. The molecule has 1 aromatic heterocycles. The average Bonchev–Trinajstić information content (AvgIpc) is 2.82. The second kappa shape index (κ2) is 5.07. The molecular formula is C11H17ClN2O2S2. The van der Waals surface area contributed by atoms with Gasteiger partial charge in [-0.3, -0.25) is 0 Å². The third-order valence-corrected chi connectivity index (χ3v) is 7.34. The Morgan fingerprint density at radius 1 is 1.50 bits per heavy atom. The second-order valence-electron chi connectivity index (χ2n) is 4.66. The van der Waals surface area contributed by atoms with Crippen molar-refractivity contribution in [3.63, 3.8) is 0 Å². The van der Waals surface area contributed by atoms with Crippen molar-refractivity contribution in [1.29, 1.82) is 0 Å². The van der Waals surface area contributed by atoms with E-state index >= 15 is 0 Å². The van der Waals surface area contributed by atoms with Gasteiger partial charge in [-0.1, -0.05) is 29.9 Å². The Labute approximate surface area is 117 Å². The van der Waals surface area contributed by atoms with Gasteiger partial charge < -0.3 is 0 Å². The topological polar surface area (TPSA) is 50.3 Å². The van der Waals surface area contributed by atoms with E-state index < -0.39 is 10.0 Å². The number of halogens is 1. The first kappa shape index (κ1) is 14.2. The van der Waals surface area contributed by atoms with E-state index in [-0.39, 0.29) is 16.6 Å². The summed E-state index contributed by atoms with van der Waals surface area (Å²) in [5.41, 5.74) is 0.499. The molecule has 4 nitrogen and oxygen atoms in total. The van der Waals surface area contributed by atoms with Crippen LogP contribution in [0.4, 0.5) is 0 Å². The molecule has 1 fully saturated rings. The first-order chi connectivity index (χ1) is 8.37. The zero-order valence-electron chi connectivity index (χ0n) is 10.7. The molecule has 1 aliphatic rings. The van der Waals surface area contributed by atoms with Crippen LogP contribution in [0.1, 0.15) is 38.8 Å². The molecular weight excluding hydrogens is 292 g/mol. The third kappa shape index (κ3) is 2.31. The van der Waals surface area contributed by atoms with Gasteiger partial charge in [-0.05, 0) is 33.1 Å². The fourth-order valence-corrected chi connectivity index (χ4v) is 6.33. The van der Waals surface area contributed by atoms with Crippen LogP contribution < -0.4 is 0 Å². The molecule has 102 valence electrons. The van der Waals surface area contributed by atoms with Gasteiger partial charge in [0.1, 0.15) is 0 Å². The second-order valence-corrected chi connectivity index (χ2v) is 8.28. The Morgan fingerprint density at radius 3 is 2.67 bits per heavy atom. The van der Waals surface area contributed by atoms with Crippen LogP contribution in [0.25, 0.3) is 0 Å². The average molecular weight is 309 g/mol. The molecule has 7 heteroatoms. The fourth-order valence-electron chi connectivity index (χ4n) is 2.55. The lowest BCUT2D eigenvalue weighted by molar-refractivity contribution is 0.329. The highest BCUT2D eigenvalue weighted by Crippen LogP contribution is 2.36. The van der Waals surface area contributed by atoms with Crippen molar-refractivity contribution in [2.75, 3.05) is 0 Å². The van der Waals surface area contributed by atoms with Crippen molar-refractivity contribution in [3.8, 4) is 0 Å². The van der Waals surface area contributed by atoms with Crippen LogP contribution >= 0.6 is 22.9 Å². The monoisotopic (exact) mass is 308 g/mol. The van der Waals surface area contributed by atoms with Gasteiger partial charge in [0.2, 0.25) is 0 Å². The minimum Gasteiger partial charge on any atom is -0.229 e. The van der Waals surface area contributed by atoms with Crippen LogP contribution in [0.3, 0.4) is 0 Å². The molecule has 0 saturated carbocycles. The minimum absolute atomic E-state index is 0.0558. The zero-order chi connectivity index (χ0) is 13.5. The summed E-state index contributed by atoms with van der Waals surface area (Å²) in [6.07, 6.45) is 2.70. The Morgan fingerprint density at radius 2 is 2.17 bits per heavy atom. The summed E-state index contributed by atoms with van der Waals surface area (Å²) in [5.74, 6) is 0. The van der Waals surface area contributed by atoms with Gasteiger partial charge >= 0.3 is 0 Å². The van der Waals surface area contributed by atoms with Crippen molar-refractivity contribution >= 4 is 33.0 Å². The summed E-state index contributed by atoms with van der Waals surface area (Å²) < 4.78 is 27.6. The van der Waals surface area contributed by atoms with Crippen molar-refractivity contribution in [2.45, 2.75) is 56.3 Å². The van der Waals surface area contributed by atoms with E-state index in [4.69, 9.17) is 11.6 Å². The highest BCUT2D eigenvalue weighted by Gasteiger charge is 2.40. The summed E-state index contributed by atoms with van der Waals surface area (Å²) in [5, 5.41) is 0. The maximum Gasteiger partial charge on any atom is 0.254 e. The van der Waals surface area contributed by atoms with Crippen LogP contribution in [-0.2, 0) is 10.0 Å². The van der Waals surface area contributed by atoms with Gasteiger partial charge in [0, 0.05) is 12.1 Å². The molecule has 18 heavy (non-hydrogen) atoms. The van der Waals surface area contributed by atoms with Crippen molar-refractivity contribution in [2.24, 2.45) is 0 Å². The molecule has 0 aromatic carbocycles. The number of hydrogen-bond donors (Lipinski definition) is 0. The standard InChI is InChI=1S/C11H17ClN2O2S2/c1-4-9-6-5-7(2)14(9)18(15,16)10-8(3)13-11(12)17-10/h7,9H,4-6H2,1-3H3. The van der Waals surface area contributed by atoms with E-state index in [2.05, 4.69) is 4.98 Å². The predicted molar refractivity (Wildman–Crippen MR) is 73.7 cm³/mol. The van der Waals surface area contributed by atoms with Crippen LogP contribution in [0, 0.1) is 6.92 Å². The van der Waals surface area contributed by atoms with Crippen molar-refractivity contribution in [3.05, 3.63) is 10.2 Å². The number of aromatic nitrogens is 1. The van der Waals surface area contributed by atoms with Crippen molar-refractivity contribution < 1.29 is 8.42 Å². The largest absolute Gasteiger partial charge is 0.254 e. The first-order valence-electron chi connectivity index (χ1n) is 6.04. The first-order valence-corrected chi connectivity index (χ1v) is 8.67. The normalized spacial score (nSPS) is 25.8. The van der Waals surface area contributed by atoms with E-state index in [1.807, 2.05) is 13.8 Å². The van der Waals surface area contributed by atoms with E-state index in [9.17, 15) is 8.42 Å². The summed E-state index contributed by atoms with van der Waals surface area (Å²) in [7, 11) is -3.45. The summed E-state index contributed by atoms with van der Waals surface area (Å²) in [6, 6.07) is 0.158. The summed E-state index contributed by atoms with van der Waals surface area (Å²) in [6.45, 7) is 5.68. The quantitative estimate of drug-likeness (QED) is 0.862. The Balaban J connectivity index is 2.45. The lowest BCUT2D eigenvalue weighted by Gasteiger charge is -2.26. The highest BCUT2D eigenvalue weighted by molar-refractivity contribution is 7.91. The molecule has 0 spiro atoms. The molecule has 1 aliphatic heterocycles. The molecule has 1 aromatic rings. The molecule has 0 radical (unpaired) electrons. The number of thiazole rings is 1. The maximum atomic E-state index is 12.7. The SMILES string of the molecule is CCC1CCC(C)N1S(=O)(=O)c1sc(Cl)nc1C. The van der Waals surface area contributed by atoms with Gasteiger partial charge in [-0.2, -0.15) is 4.31 Å². The van der Waals surface area contributed by atoms with Gasteiger partial charge in [0.25, 0.3) is 10.0 Å². The van der Waals surface area contributed by atoms with E-state index in [0.29, 0.717) is 9.90 Å². The molecule has 1 saturated heterocycles. The molecule has 0 bridgehead atoms. The van der Waals surface area contributed by atoms with Crippen LogP contribution in [0.2, 0.25) is 4.47 Å². The molecule has 0 amide bonds. The summed E-state index contributed by atoms with van der Waals surface area (Å²) >= 11 is 6.86. The summed E-state index contributed by atoms with van der Waals surface area (Å²) in [4.78, 5) is 4.00. The third-order valence-electron chi connectivity index (χ3n) is 3.42. The Bertz CT molecular complexity index is 541. The maximum absolute atomic E-state index is 12.7. The van der Waals surface area contributed by atoms with Gasteiger partial charge in [0.05, 0.1) is 5.69 Å². The van der Waals surface area contributed by atoms with E-state index in [0.717, 1.165) is 30.6 Å². The van der Waals surface area contributed by atoms with Gasteiger partial charge in [-0.25, -0.2) is 13.4 Å². The van der Waals surface area contributed by atoms with Crippen LogP contribution in [0.5, 0.6) is 0 Å². The van der Waals surface area contributed by atoms with Gasteiger partial charge in [-0.15, -0.1) is 0 Å². The molecule has 2 rings (SSSR count). The number of hydrogen-bond acceptors (Lipinski definition) is 4. The molecule has 2 heterocycles. The fraction of sp³-hybridized carbons (Fsp3) is 0.727. The highest BCUT2D eigenvalue weighted by atomic mass is 35.5. The van der Waals surface area contributed by atoms with E-state index in [1.165, 1.54) is 0 Å². The molecule has 2 unspecified atom stereocenters. The molecule has 2 atom stereocenters. The smallest absolute Gasteiger partial charge is 0.229 e. The minimum atomic E-state index is -3.45. The van der Waals surface area contributed by atoms with Crippen LogP contribution in [-0.4, -0.2) is 29.8 Å². The lowest BCUT2D eigenvalue weighted by Crippen LogP contribution is -2.39. The number of rotatable bonds is 3.